The molecule has 35 heavy (non-hydrogen) atoms. The molecule has 0 spiro atoms. The molecule has 0 fully saturated rings. The fourth-order valence-electron chi connectivity index (χ4n) is 4.38. The van der Waals surface area contributed by atoms with Gasteiger partial charge in [0.2, 0.25) is 0 Å². The van der Waals surface area contributed by atoms with E-state index in [1.807, 2.05) is 66.7 Å². The number of aromatic nitrogens is 2. The number of hydrogen-bond acceptors (Lipinski definition) is 4. The van der Waals surface area contributed by atoms with Crippen molar-refractivity contribution in [2.75, 3.05) is 20.8 Å². The zero-order valence-electron chi connectivity index (χ0n) is 19.8. The summed E-state index contributed by atoms with van der Waals surface area (Å²) >= 11 is 0. The van der Waals surface area contributed by atoms with Crippen molar-refractivity contribution < 1.29 is 14.3 Å². The Morgan fingerprint density at radius 3 is 2.51 bits per heavy atom. The summed E-state index contributed by atoms with van der Waals surface area (Å²) in [5.41, 5.74) is 4.91. The van der Waals surface area contributed by atoms with Crippen molar-refractivity contribution in [3.8, 4) is 22.8 Å². The minimum Gasteiger partial charge on any atom is -0.497 e. The second-order valence-corrected chi connectivity index (χ2v) is 8.36. The van der Waals surface area contributed by atoms with E-state index in [9.17, 15) is 4.79 Å². The van der Waals surface area contributed by atoms with Crippen molar-refractivity contribution >= 4 is 27.7 Å². The zero-order chi connectivity index (χ0) is 24.2. The number of ether oxygens (including phenoxy) is 2. The van der Waals surface area contributed by atoms with Gasteiger partial charge in [-0.2, -0.15) is 0 Å². The highest BCUT2D eigenvalue weighted by atomic mass is 16.5. The van der Waals surface area contributed by atoms with Crippen LogP contribution in [-0.2, 0) is 6.42 Å². The minimum atomic E-state index is -0.195. The predicted octanol–water partition coefficient (Wildman–Crippen LogP) is 5.76. The van der Waals surface area contributed by atoms with Gasteiger partial charge in [0.15, 0.2) is 0 Å². The molecule has 2 heterocycles. The molecule has 0 aliphatic heterocycles. The normalized spacial score (nSPS) is 11.0. The first-order valence-corrected chi connectivity index (χ1v) is 11.6. The van der Waals surface area contributed by atoms with Crippen LogP contribution in [-0.4, -0.2) is 36.6 Å². The third-order valence-corrected chi connectivity index (χ3v) is 6.16. The Kier molecular flexibility index (Phi) is 6.35. The van der Waals surface area contributed by atoms with Crippen molar-refractivity contribution in [1.82, 2.24) is 15.3 Å². The Hall–Kier alpha value is -4.32. The largest absolute Gasteiger partial charge is 0.497 e. The van der Waals surface area contributed by atoms with E-state index in [4.69, 9.17) is 14.5 Å². The van der Waals surface area contributed by atoms with Crippen molar-refractivity contribution in [3.05, 3.63) is 90.1 Å². The molecule has 0 aliphatic rings. The third kappa shape index (κ3) is 4.55. The van der Waals surface area contributed by atoms with Gasteiger partial charge in [0, 0.05) is 34.5 Å². The van der Waals surface area contributed by atoms with Crippen LogP contribution in [0.25, 0.3) is 33.1 Å². The highest BCUT2D eigenvalue weighted by Crippen LogP contribution is 2.38. The fourth-order valence-corrected chi connectivity index (χ4v) is 4.38. The van der Waals surface area contributed by atoms with E-state index in [0.29, 0.717) is 29.4 Å². The topological polar surface area (TPSA) is 76.2 Å². The average Bonchev–Trinajstić information content (AvgIpc) is 3.29. The monoisotopic (exact) mass is 465 g/mol. The molecule has 0 aliphatic carbocycles. The van der Waals surface area contributed by atoms with Gasteiger partial charge in [0.1, 0.15) is 17.2 Å². The number of para-hydroxylation sites is 1. The van der Waals surface area contributed by atoms with Gasteiger partial charge in [0.05, 0.1) is 25.4 Å². The van der Waals surface area contributed by atoms with Crippen molar-refractivity contribution in [2.45, 2.75) is 12.8 Å². The molecule has 0 bridgehead atoms. The van der Waals surface area contributed by atoms with Crippen LogP contribution in [0.1, 0.15) is 22.5 Å². The van der Waals surface area contributed by atoms with Crippen molar-refractivity contribution in [3.63, 3.8) is 0 Å². The Morgan fingerprint density at radius 1 is 0.914 bits per heavy atom. The molecule has 2 N–H and O–H groups in total. The quantitative estimate of drug-likeness (QED) is 0.286. The number of aromatic amines is 1. The Labute approximate surface area is 203 Å². The summed E-state index contributed by atoms with van der Waals surface area (Å²) in [5, 5.41) is 5.02. The van der Waals surface area contributed by atoms with E-state index in [2.05, 4.69) is 22.4 Å². The first kappa shape index (κ1) is 22.5. The van der Waals surface area contributed by atoms with Crippen LogP contribution < -0.4 is 14.8 Å². The van der Waals surface area contributed by atoms with Gasteiger partial charge in [0.25, 0.3) is 5.91 Å². The maximum Gasteiger partial charge on any atom is 0.269 e. The number of methoxy groups -OCH3 is 2. The number of H-pyrrole nitrogens is 1. The summed E-state index contributed by atoms with van der Waals surface area (Å²) in [6.45, 7) is 0.572. The standard InChI is InChI=1S/C29H27N3O3/c1-34-20-14-15-22(26(17-20)35-2)27-28-23(21-12-6-7-13-24(21)31-28)18-25(32-27)29(33)30-16-8-11-19-9-4-3-5-10-19/h3-7,9-10,12-15,17-18,31H,8,11,16H2,1-2H3,(H,30,33). The van der Waals surface area contributed by atoms with Gasteiger partial charge in [-0.05, 0) is 42.7 Å². The van der Waals surface area contributed by atoms with E-state index in [0.717, 1.165) is 40.2 Å². The van der Waals surface area contributed by atoms with E-state index in [1.54, 1.807) is 14.2 Å². The predicted molar refractivity (Wildman–Crippen MR) is 139 cm³/mol. The number of pyridine rings is 1. The number of nitrogens with one attached hydrogen (secondary N) is 2. The van der Waals surface area contributed by atoms with Gasteiger partial charge in [-0.3, -0.25) is 4.79 Å². The highest BCUT2D eigenvalue weighted by molar-refractivity contribution is 6.13. The molecule has 0 unspecified atom stereocenters. The number of rotatable bonds is 8. The van der Waals surface area contributed by atoms with Crippen LogP contribution in [0.15, 0.2) is 78.9 Å². The summed E-state index contributed by atoms with van der Waals surface area (Å²) in [6.07, 6.45) is 1.76. The lowest BCUT2D eigenvalue weighted by Crippen LogP contribution is -2.25. The SMILES string of the molecule is COc1ccc(-c2nc(C(=O)NCCCc3ccccc3)cc3c2[nH]c2ccccc23)c(OC)c1. The van der Waals surface area contributed by atoms with Gasteiger partial charge < -0.3 is 19.8 Å². The summed E-state index contributed by atoms with van der Waals surface area (Å²) in [4.78, 5) is 21.4. The molecular formula is C29H27N3O3. The molecule has 0 atom stereocenters. The molecule has 6 nitrogen and oxygen atoms in total. The second-order valence-electron chi connectivity index (χ2n) is 8.36. The first-order chi connectivity index (χ1) is 17.2. The Bertz CT molecular complexity index is 1490. The number of amides is 1. The molecule has 0 saturated heterocycles. The lowest BCUT2D eigenvalue weighted by molar-refractivity contribution is 0.0948. The van der Waals surface area contributed by atoms with Gasteiger partial charge >= 0.3 is 0 Å². The Morgan fingerprint density at radius 2 is 1.71 bits per heavy atom. The van der Waals surface area contributed by atoms with Crippen LogP contribution in [0.2, 0.25) is 0 Å². The fraction of sp³-hybridized carbons (Fsp3) is 0.172. The number of carbonyl (C=O) groups is 1. The summed E-state index contributed by atoms with van der Waals surface area (Å²) < 4.78 is 11.0. The molecule has 176 valence electrons. The molecular weight excluding hydrogens is 438 g/mol. The van der Waals surface area contributed by atoms with Crippen LogP contribution in [0.3, 0.4) is 0 Å². The van der Waals surface area contributed by atoms with Crippen LogP contribution in [0.5, 0.6) is 11.5 Å². The molecule has 2 aromatic heterocycles. The number of carbonyl (C=O) groups excluding carboxylic acids is 1. The van der Waals surface area contributed by atoms with E-state index >= 15 is 0 Å². The van der Waals surface area contributed by atoms with Crippen molar-refractivity contribution in [2.24, 2.45) is 0 Å². The minimum absolute atomic E-state index is 0.195. The molecule has 5 rings (SSSR count). The van der Waals surface area contributed by atoms with Crippen LogP contribution in [0.4, 0.5) is 0 Å². The number of aryl methyl sites for hydroxylation is 1. The molecule has 1 amide bonds. The Balaban J connectivity index is 1.51. The number of hydrogen-bond donors (Lipinski definition) is 2. The average molecular weight is 466 g/mol. The van der Waals surface area contributed by atoms with Gasteiger partial charge in [-0.15, -0.1) is 0 Å². The van der Waals surface area contributed by atoms with Crippen molar-refractivity contribution in [1.29, 1.82) is 0 Å². The zero-order valence-corrected chi connectivity index (χ0v) is 19.8. The van der Waals surface area contributed by atoms with Gasteiger partial charge in [-0.1, -0.05) is 48.5 Å². The molecule has 5 aromatic rings. The number of benzene rings is 3. The molecule has 6 heteroatoms. The van der Waals surface area contributed by atoms with Gasteiger partial charge in [-0.25, -0.2) is 4.98 Å². The molecule has 0 saturated carbocycles. The lowest BCUT2D eigenvalue weighted by atomic mass is 10.0. The van der Waals surface area contributed by atoms with E-state index in [1.165, 1.54) is 5.56 Å². The first-order valence-electron chi connectivity index (χ1n) is 11.6. The highest BCUT2D eigenvalue weighted by Gasteiger charge is 2.19. The summed E-state index contributed by atoms with van der Waals surface area (Å²) in [5.74, 6) is 1.11. The van der Waals surface area contributed by atoms with E-state index < -0.39 is 0 Å². The molecule has 0 radical (unpaired) electrons. The number of fused-ring (bicyclic) bond motifs is 3. The smallest absolute Gasteiger partial charge is 0.269 e. The van der Waals surface area contributed by atoms with Crippen LogP contribution in [0, 0.1) is 0 Å². The number of nitrogens with zero attached hydrogens (tertiary/aromatic N) is 1. The molecule has 3 aromatic carbocycles. The second kappa shape index (κ2) is 9.89. The third-order valence-electron chi connectivity index (χ3n) is 6.16. The van der Waals surface area contributed by atoms with E-state index in [-0.39, 0.29) is 5.91 Å². The summed E-state index contributed by atoms with van der Waals surface area (Å²) in [7, 11) is 3.23. The van der Waals surface area contributed by atoms with Crippen LogP contribution >= 0.6 is 0 Å². The lowest BCUT2D eigenvalue weighted by Gasteiger charge is -2.12. The maximum absolute atomic E-state index is 13.2. The summed E-state index contributed by atoms with van der Waals surface area (Å²) in [6, 6.07) is 25.8. The maximum atomic E-state index is 13.2.